The summed E-state index contributed by atoms with van der Waals surface area (Å²) in [6.07, 6.45) is 7.08. The van der Waals surface area contributed by atoms with E-state index in [4.69, 9.17) is 11.1 Å². The van der Waals surface area contributed by atoms with E-state index in [-0.39, 0.29) is 37.6 Å². The second kappa shape index (κ2) is 17.2. The highest BCUT2D eigenvalue weighted by molar-refractivity contribution is 6.13. The number of halogens is 1. The van der Waals surface area contributed by atoms with E-state index in [0.717, 1.165) is 51.7 Å². The summed E-state index contributed by atoms with van der Waals surface area (Å²) in [5.74, 6) is -0.920. The van der Waals surface area contributed by atoms with Gasteiger partial charge in [-0.1, -0.05) is 30.9 Å². The van der Waals surface area contributed by atoms with Gasteiger partial charge in [0, 0.05) is 90.6 Å². The van der Waals surface area contributed by atoms with Crippen molar-refractivity contribution < 1.29 is 18.8 Å². The zero-order valence-corrected chi connectivity index (χ0v) is 26.5. The predicted octanol–water partition coefficient (Wildman–Crippen LogP) is 1.19. The van der Waals surface area contributed by atoms with Crippen molar-refractivity contribution in [3.8, 4) is 0 Å². The monoisotopic (exact) mass is 619 g/mol. The summed E-state index contributed by atoms with van der Waals surface area (Å²) in [5.41, 5.74) is 6.57. The Morgan fingerprint density at radius 3 is 2.22 bits per heavy atom. The normalized spacial score (nSPS) is 19.2. The third-order valence-electron chi connectivity index (χ3n) is 8.81. The van der Waals surface area contributed by atoms with Crippen molar-refractivity contribution >= 4 is 31.8 Å². The lowest BCUT2D eigenvalue weighted by atomic mass is 9.94. The lowest BCUT2D eigenvalue weighted by Gasteiger charge is -2.39. The Hall–Kier alpha value is -3.61. The van der Waals surface area contributed by atoms with E-state index in [1.165, 1.54) is 49.3 Å². The molecule has 3 heterocycles. The van der Waals surface area contributed by atoms with Gasteiger partial charge in [0.2, 0.25) is 11.8 Å². The van der Waals surface area contributed by atoms with Crippen LogP contribution in [0.3, 0.4) is 0 Å². The van der Waals surface area contributed by atoms with Crippen LogP contribution in [0.5, 0.6) is 0 Å². The number of hydrogen-bond donors (Lipinski definition) is 3. The number of hydrogen-bond acceptors (Lipinski definition) is 7. The molecule has 1 aromatic carbocycles. The Morgan fingerprint density at radius 1 is 1.00 bits per heavy atom. The molecule has 4 N–H and O–H groups in total. The van der Waals surface area contributed by atoms with Gasteiger partial charge in [-0.25, -0.2) is 4.39 Å². The number of carbonyl (C=O) groups is 3. The molecule has 0 unspecified atom stereocenters. The molecule has 0 atom stereocenters. The smallest absolute Gasteiger partial charge is 0.256 e. The van der Waals surface area contributed by atoms with Crippen LogP contribution in [-0.2, 0) is 16.0 Å². The van der Waals surface area contributed by atoms with Gasteiger partial charge in [-0.2, -0.15) is 0 Å². The highest BCUT2D eigenvalue weighted by atomic mass is 19.1. The van der Waals surface area contributed by atoms with E-state index in [0.29, 0.717) is 43.9 Å². The Labute approximate surface area is 268 Å². The molecule has 4 rings (SSSR count). The third kappa shape index (κ3) is 9.69. The van der Waals surface area contributed by atoms with Crippen molar-refractivity contribution in [2.45, 2.75) is 26.2 Å². The molecule has 0 aromatic heterocycles. The molecule has 1 aromatic rings. The number of allylic oxidation sites excluding steroid dienone is 3. The average Bonchev–Trinajstić information content (AvgIpc) is 3.03. The number of piperidine rings is 1. The molecule has 0 saturated carbocycles. The summed E-state index contributed by atoms with van der Waals surface area (Å²) >= 11 is 0. The van der Waals surface area contributed by atoms with E-state index >= 15 is 0 Å². The fourth-order valence-electron chi connectivity index (χ4n) is 6.23. The molecule has 3 saturated heterocycles. The maximum absolute atomic E-state index is 14.8. The SMILES string of the molecule is C=C/C=C(C(=N)Cc1ccc(F)c(C(=O)N2CCN(C(=O)CN3CCN(CC4CCNCC4)CC3)CC2)c1)\C(=C/C)C(N)=O.[BH]. The van der Waals surface area contributed by atoms with E-state index in [1.54, 1.807) is 16.7 Å². The maximum atomic E-state index is 14.8. The van der Waals surface area contributed by atoms with Crippen LogP contribution < -0.4 is 11.1 Å². The number of nitrogens with two attached hydrogens (primary N) is 1. The topological polar surface area (TPSA) is 126 Å². The van der Waals surface area contributed by atoms with Crippen molar-refractivity contribution in [3.05, 3.63) is 71.1 Å². The summed E-state index contributed by atoms with van der Waals surface area (Å²) in [7, 11) is 0. The van der Waals surface area contributed by atoms with E-state index in [1.807, 2.05) is 0 Å². The van der Waals surface area contributed by atoms with E-state index in [9.17, 15) is 18.8 Å². The molecule has 12 heteroatoms. The first-order valence-corrected chi connectivity index (χ1v) is 15.6. The van der Waals surface area contributed by atoms with Gasteiger partial charge in [-0.3, -0.25) is 19.3 Å². The van der Waals surface area contributed by atoms with Crippen molar-refractivity contribution in [1.82, 2.24) is 24.9 Å². The van der Waals surface area contributed by atoms with E-state index < -0.39 is 17.6 Å². The number of nitrogens with one attached hydrogen (secondary N) is 2. The fourth-order valence-corrected chi connectivity index (χ4v) is 6.23. The minimum Gasteiger partial charge on any atom is -0.366 e. The van der Waals surface area contributed by atoms with Gasteiger partial charge in [0.1, 0.15) is 5.82 Å². The largest absolute Gasteiger partial charge is 0.366 e. The lowest BCUT2D eigenvalue weighted by molar-refractivity contribution is -0.134. The highest BCUT2D eigenvalue weighted by Gasteiger charge is 2.29. The first kappa shape index (κ1) is 35.9. The molecule has 45 heavy (non-hydrogen) atoms. The summed E-state index contributed by atoms with van der Waals surface area (Å²) in [6.45, 7) is 14.2. The molecule has 3 amide bonds. The molecule has 3 aliphatic heterocycles. The summed E-state index contributed by atoms with van der Waals surface area (Å²) in [6, 6.07) is 4.21. The number of primary amides is 1. The number of rotatable bonds is 11. The van der Waals surface area contributed by atoms with Gasteiger partial charge in [-0.15, -0.1) is 0 Å². The first-order valence-electron chi connectivity index (χ1n) is 15.6. The lowest BCUT2D eigenvalue weighted by Crippen LogP contribution is -2.55. The van der Waals surface area contributed by atoms with Crippen LogP contribution in [0, 0.1) is 17.1 Å². The molecule has 3 fully saturated rings. The molecule has 0 bridgehead atoms. The Balaban J connectivity index is 0.00000552. The molecule has 0 aliphatic carbocycles. The van der Waals surface area contributed by atoms with Crippen LogP contribution in [0.15, 0.2) is 54.2 Å². The Bertz CT molecular complexity index is 1290. The standard InChI is InChI=1S/C33H46FN7O3.BH/c1-3-5-27(26(4-2)32(36)43)30(35)21-25-6-7-29(34)28(20-25)33(44)41-18-16-40(17-19-41)31(42)23-39-14-12-38(13-15-39)22-24-8-10-37-11-9-24;/h3-7,20,24,35,37H,1,8-19,21-23H2,2H3,(H2,36,43);1H/b26-4+,27-5+,35-30?;. The van der Waals surface area contributed by atoms with Crippen LogP contribution in [0.1, 0.15) is 35.7 Å². The number of carbonyl (C=O) groups excluding carboxylic acids is 3. The van der Waals surface area contributed by atoms with Gasteiger partial charge in [0.15, 0.2) is 0 Å². The minimum atomic E-state index is -0.663. The van der Waals surface area contributed by atoms with Crippen molar-refractivity contribution in [2.75, 3.05) is 78.5 Å². The first-order chi connectivity index (χ1) is 21.2. The van der Waals surface area contributed by atoms with Crippen LogP contribution in [0.25, 0.3) is 0 Å². The van der Waals surface area contributed by atoms with Crippen molar-refractivity contribution in [3.63, 3.8) is 0 Å². The van der Waals surface area contributed by atoms with Crippen LogP contribution >= 0.6 is 0 Å². The zero-order chi connectivity index (χ0) is 31.6. The summed E-state index contributed by atoms with van der Waals surface area (Å²) in [4.78, 5) is 46.4. The Morgan fingerprint density at radius 2 is 1.62 bits per heavy atom. The summed E-state index contributed by atoms with van der Waals surface area (Å²) < 4.78 is 14.8. The molecule has 2 radical (unpaired) electrons. The highest BCUT2D eigenvalue weighted by Crippen LogP contribution is 2.20. The number of benzene rings is 1. The summed E-state index contributed by atoms with van der Waals surface area (Å²) in [5, 5.41) is 12.0. The molecule has 242 valence electrons. The van der Waals surface area contributed by atoms with Crippen LogP contribution in [0.4, 0.5) is 4.39 Å². The van der Waals surface area contributed by atoms with Gasteiger partial charge >= 0.3 is 0 Å². The quantitative estimate of drug-likeness (QED) is 0.148. The third-order valence-corrected chi connectivity index (χ3v) is 8.81. The molecular weight excluding hydrogens is 572 g/mol. The van der Waals surface area contributed by atoms with Crippen LogP contribution in [-0.4, -0.2) is 130 Å². The number of piperazine rings is 2. The predicted molar refractivity (Wildman–Crippen MR) is 177 cm³/mol. The minimum absolute atomic E-state index is 0. The number of amides is 3. The second-order valence-corrected chi connectivity index (χ2v) is 11.8. The zero-order valence-electron chi connectivity index (χ0n) is 26.5. The molecule has 10 nitrogen and oxygen atoms in total. The fraction of sp³-hybridized carbons (Fsp3) is 0.515. The van der Waals surface area contributed by atoms with Crippen LogP contribution in [0.2, 0.25) is 0 Å². The maximum Gasteiger partial charge on any atom is 0.256 e. The second-order valence-electron chi connectivity index (χ2n) is 11.8. The number of nitrogens with zero attached hydrogens (tertiary/aromatic N) is 4. The average molecular weight is 620 g/mol. The van der Waals surface area contributed by atoms with Crippen molar-refractivity contribution in [2.24, 2.45) is 11.7 Å². The van der Waals surface area contributed by atoms with Gasteiger partial charge in [0.25, 0.3) is 5.91 Å². The Kier molecular flexibility index (Phi) is 13.7. The van der Waals surface area contributed by atoms with E-state index in [2.05, 4.69) is 21.7 Å². The molecule has 0 spiro atoms. The van der Waals surface area contributed by atoms with Gasteiger partial charge < -0.3 is 31.2 Å². The van der Waals surface area contributed by atoms with Gasteiger partial charge in [-0.05, 0) is 56.5 Å². The molecular formula is C33H47BFN7O3. The van der Waals surface area contributed by atoms with Crippen molar-refractivity contribution in [1.29, 1.82) is 5.41 Å². The van der Waals surface area contributed by atoms with Gasteiger partial charge in [0.05, 0.1) is 12.1 Å². The molecule has 3 aliphatic rings.